The molecule has 2 atom stereocenters. The lowest BCUT2D eigenvalue weighted by Crippen LogP contribution is -2.46. The van der Waals surface area contributed by atoms with Gasteiger partial charge in [-0.25, -0.2) is 0 Å². The Balaban J connectivity index is 0.00000385. The Bertz CT molecular complexity index is 704. The Morgan fingerprint density at radius 3 is 2.48 bits per heavy atom. The summed E-state index contributed by atoms with van der Waals surface area (Å²) >= 11 is 0. The van der Waals surface area contributed by atoms with Crippen LogP contribution in [0, 0.1) is 5.92 Å². The quantitative estimate of drug-likeness (QED) is 0.256. The average Bonchev–Trinajstić information content (AvgIpc) is 3.34. The molecule has 0 amide bonds. The van der Waals surface area contributed by atoms with Crippen molar-refractivity contribution in [3.63, 3.8) is 0 Å². The fraction of sp³-hybridized carbons (Fsp3) is 0.720. The SMILES string of the molecule is CCNC(=NCC(C)CN1CCN(C)CC1)NCC(c1cccc(OC)c1)N1CCCC1.I. The summed E-state index contributed by atoms with van der Waals surface area (Å²) in [7, 11) is 3.95. The predicted molar refractivity (Wildman–Crippen MR) is 149 cm³/mol. The highest BCUT2D eigenvalue weighted by Gasteiger charge is 2.24. The van der Waals surface area contributed by atoms with Crippen LogP contribution < -0.4 is 15.4 Å². The van der Waals surface area contributed by atoms with E-state index in [0.717, 1.165) is 51.0 Å². The number of benzene rings is 1. The molecule has 2 fully saturated rings. The number of likely N-dealkylation sites (tertiary alicyclic amines) is 1. The number of likely N-dealkylation sites (N-methyl/N-ethyl adjacent to an activating group) is 1. The van der Waals surface area contributed by atoms with Crippen molar-refractivity contribution in [2.24, 2.45) is 10.9 Å². The zero-order valence-corrected chi connectivity index (χ0v) is 23.4. The highest BCUT2D eigenvalue weighted by atomic mass is 127. The van der Waals surface area contributed by atoms with Crippen LogP contribution in [0.1, 0.15) is 38.3 Å². The van der Waals surface area contributed by atoms with E-state index in [0.29, 0.717) is 12.0 Å². The minimum Gasteiger partial charge on any atom is -0.497 e. The molecule has 1 aromatic carbocycles. The molecule has 7 nitrogen and oxygen atoms in total. The van der Waals surface area contributed by atoms with Crippen molar-refractivity contribution in [1.82, 2.24) is 25.3 Å². The number of halogens is 1. The van der Waals surface area contributed by atoms with Gasteiger partial charge in [-0.05, 0) is 63.5 Å². The van der Waals surface area contributed by atoms with Crippen LogP contribution in [-0.2, 0) is 0 Å². The van der Waals surface area contributed by atoms with Gasteiger partial charge in [0.25, 0.3) is 0 Å². The summed E-state index contributed by atoms with van der Waals surface area (Å²) in [6.45, 7) is 15.1. The van der Waals surface area contributed by atoms with Gasteiger partial charge in [0.05, 0.1) is 13.2 Å². The molecule has 188 valence electrons. The first kappa shape index (κ1) is 28.1. The Morgan fingerprint density at radius 1 is 1.09 bits per heavy atom. The fourth-order valence-electron chi connectivity index (χ4n) is 4.67. The summed E-state index contributed by atoms with van der Waals surface area (Å²) in [6.07, 6.45) is 2.55. The van der Waals surface area contributed by atoms with E-state index in [1.807, 2.05) is 6.07 Å². The lowest BCUT2D eigenvalue weighted by atomic mass is 10.1. The molecular formula is C25H45IN6O. The Hall–Kier alpha value is -1.10. The van der Waals surface area contributed by atoms with Crippen LogP contribution >= 0.6 is 24.0 Å². The standard InChI is InChI=1S/C25H44N6O.HI/c1-5-26-25(27-18-21(2)20-30-15-13-29(3)14-16-30)28-19-24(31-11-6-7-12-31)22-9-8-10-23(17-22)32-4;/h8-10,17,21,24H,5-7,11-16,18-20H2,1-4H3,(H2,26,27,28);1H. The zero-order valence-electron chi connectivity index (χ0n) is 21.1. The lowest BCUT2D eigenvalue weighted by molar-refractivity contribution is 0.140. The van der Waals surface area contributed by atoms with Crippen LogP contribution in [0.4, 0.5) is 0 Å². The van der Waals surface area contributed by atoms with Gasteiger partial charge >= 0.3 is 0 Å². The van der Waals surface area contributed by atoms with Crippen LogP contribution in [0.3, 0.4) is 0 Å². The molecule has 8 heteroatoms. The second kappa shape index (κ2) is 15.0. The third-order valence-electron chi connectivity index (χ3n) is 6.59. The van der Waals surface area contributed by atoms with Crippen LogP contribution in [0.15, 0.2) is 29.3 Å². The molecule has 2 heterocycles. The van der Waals surface area contributed by atoms with E-state index in [1.54, 1.807) is 7.11 Å². The lowest BCUT2D eigenvalue weighted by Gasteiger charge is -2.33. The van der Waals surface area contributed by atoms with Gasteiger partial charge in [-0.3, -0.25) is 9.89 Å². The number of hydrogen-bond donors (Lipinski definition) is 2. The Kier molecular flexibility index (Phi) is 12.8. The van der Waals surface area contributed by atoms with E-state index in [1.165, 1.54) is 44.6 Å². The van der Waals surface area contributed by atoms with Gasteiger partial charge in [0.15, 0.2) is 5.96 Å². The number of nitrogens with one attached hydrogen (secondary N) is 2. The molecule has 2 aliphatic heterocycles. The molecule has 2 saturated heterocycles. The number of aliphatic imine (C=N–C) groups is 1. The predicted octanol–water partition coefficient (Wildman–Crippen LogP) is 2.89. The molecule has 2 aliphatic rings. The fourth-order valence-corrected chi connectivity index (χ4v) is 4.67. The van der Waals surface area contributed by atoms with Gasteiger partial charge in [-0.2, -0.15) is 0 Å². The average molecular weight is 573 g/mol. The molecule has 0 saturated carbocycles. The smallest absolute Gasteiger partial charge is 0.191 e. The maximum Gasteiger partial charge on any atom is 0.191 e. The largest absolute Gasteiger partial charge is 0.497 e. The molecule has 3 rings (SSSR count). The minimum atomic E-state index is 0. The second-order valence-corrected chi connectivity index (χ2v) is 9.35. The number of rotatable bonds is 10. The van der Waals surface area contributed by atoms with Gasteiger partial charge < -0.3 is 25.2 Å². The molecule has 0 bridgehead atoms. The number of hydrogen-bond acceptors (Lipinski definition) is 5. The van der Waals surface area contributed by atoms with Crippen molar-refractivity contribution in [2.75, 3.05) is 79.6 Å². The van der Waals surface area contributed by atoms with Crippen LogP contribution in [0.2, 0.25) is 0 Å². The van der Waals surface area contributed by atoms with Gasteiger partial charge in [0, 0.05) is 52.4 Å². The first-order valence-electron chi connectivity index (χ1n) is 12.4. The Morgan fingerprint density at radius 2 is 1.82 bits per heavy atom. The van der Waals surface area contributed by atoms with Crippen LogP contribution in [0.5, 0.6) is 5.75 Å². The maximum absolute atomic E-state index is 5.48. The topological polar surface area (TPSA) is 55.4 Å². The van der Waals surface area contributed by atoms with Crippen molar-refractivity contribution < 1.29 is 4.74 Å². The molecular weight excluding hydrogens is 527 g/mol. The third-order valence-corrected chi connectivity index (χ3v) is 6.59. The van der Waals surface area contributed by atoms with Crippen molar-refractivity contribution >= 4 is 29.9 Å². The number of guanidine groups is 1. The molecule has 0 aromatic heterocycles. The van der Waals surface area contributed by atoms with Crippen molar-refractivity contribution in [3.05, 3.63) is 29.8 Å². The van der Waals surface area contributed by atoms with Gasteiger partial charge in [0.1, 0.15) is 5.75 Å². The van der Waals surface area contributed by atoms with Gasteiger partial charge in [-0.15, -0.1) is 24.0 Å². The molecule has 0 aliphatic carbocycles. The van der Waals surface area contributed by atoms with Crippen LogP contribution in [-0.4, -0.2) is 100 Å². The molecule has 2 N–H and O–H groups in total. The van der Waals surface area contributed by atoms with E-state index < -0.39 is 0 Å². The number of methoxy groups -OCH3 is 1. The van der Waals surface area contributed by atoms with E-state index in [4.69, 9.17) is 9.73 Å². The minimum absolute atomic E-state index is 0. The zero-order chi connectivity index (χ0) is 22.8. The maximum atomic E-state index is 5.48. The number of ether oxygens (including phenoxy) is 1. The summed E-state index contributed by atoms with van der Waals surface area (Å²) in [5.74, 6) is 2.39. The van der Waals surface area contributed by atoms with E-state index in [2.05, 4.69) is 64.4 Å². The summed E-state index contributed by atoms with van der Waals surface area (Å²) in [6, 6.07) is 8.82. The van der Waals surface area contributed by atoms with Crippen molar-refractivity contribution in [1.29, 1.82) is 0 Å². The summed E-state index contributed by atoms with van der Waals surface area (Å²) in [5, 5.41) is 7.08. The first-order chi connectivity index (χ1) is 15.6. The molecule has 1 aromatic rings. The Labute approximate surface area is 218 Å². The number of nitrogens with zero attached hydrogens (tertiary/aromatic N) is 4. The second-order valence-electron chi connectivity index (χ2n) is 9.35. The summed E-state index contributed by atoms with van der Waals surface area (Å²) < 4.78 is 5.48. The summed E-state index contributed by atoms with van der Waals surface area (Å²) in [5.41, 5.74) is 1.30. The highest BCUT2D eigenvalue weighted by molar-refractivity contribution is 14.0. The van der Waals surface area contributed by atoms with Crippen molar-refractivity contribution in [2.45, 2.75) is 32.7 Å². The molecule has 2 unspecified atom stereocenters. The normalized spacial score (nSPS) is 20.2. The van der Waals surface area contributed by atoms with E-state index in [9.17, 15) is 0 Å². The van der Waals surface area contributed by atoms with E-state index in [-0.39, 0.29) is 24.0 Å². The van der Waals surface area contributed by atoms with Crippen molar-refractivity contribution in [3.8, 4) is 5.75 Å². The first-order valence-corrected chi connectivity index (χ1v) is 12.4. The molecule has 0 spiro atoms. The molecule has 0 radical (unpaired) electrons. The summed E-state index contributed by atoms with van der Waals surface area (Å²) in [4.78, 5) is 12.5. The van der Waals surface area contributed by atoms with Crippen LogP contribution in [0.25, 0.3) is 0 Å². The van der Waals surface area contributed by atoms with E-state index >= 15 is 0 Å². The van der Waals surface area contributed by atoms with Gasteiger partial charge in [0.2, 0.25) is 0 Å². The number of piperazine rings is 1. The molecule has 33 heavy (non-hydrogen) atoms. The monoisotopic (exact) mass is 572 g/mol. The highest BCUT2D eigenvalue weighted by Crippen LogP contribution is 2.27. The van der Waals surface area contributed by atoms with Gasteiger partial charge in [-0.1, -0.05) is 19.1 Å². The third kappa shape index (κ3) is 9.22.